The van der Waals surface area contributed by atoms with Crippen LogP contribution in [0.1, 0.15) is 67.2 Å². The first-order chi connectivity index (χ1) is 14.7. The molecule has 0 saturated carbocycles. The number of likely N-dealkylation sites (N-methyl/N-ethyl adjacent to an activating group) is 2. The molecule has 0 aliphatic carbocycles. The van der Waals surface area contributed by atoms with Crippen LogP contribution in [0.25, 0.3) is 0 Å². The van der Waals surface area contributed by atoms with Crippen LogP contribution in [0.3, 0.4) is 0 Å². The molecule has 9 nitrogen and oxygen atoms in total. The number of imide groups is 2. The molecule has 2 aliphatic heterocycles. The van der Waals surface area contributed by atoms with Crippen LogP contribution in [0, 0.1) is 0 Å². The largest absolute Gasteiger partial charge is 0.377 e. The SMILES string of the molecule is CCN1CC(=O)N(C(CC)(CC)COCC(CC)(CC)N2C(=O)CN(CC)C2=O)C1=O. The van der Waals surface area contributed by atoms with Crippen molar-refractivity contribution < 1.29 is 23.9 Å². The number of nitrogens with zero attached hydrogens (tertiary/aromatic N) is 4. The Morgan fingerprint density at radius 2 is 0.968 bits per heavy atom. The lowest BCUT2D eigenvalue weighted by Gasteiger charge is -2.42. The van der Waals surface area contributed by atoms with E-state index in [2.05, 4.69) is 0 Å². The summed E-state index contributed by atoms with van der Waals surface area (Å²) >= 11 is 0. The fraction of sp³-hybridized carbons (Fsp3) is 0.818. The van der Waals surface area contributed by atoms with E-state index in [1.165, 1.54) is 19.6 Å². The lowest BCUT2D eigenvalue weighted by Crippen LogP contribution is -2.57. The Hall–Kier alpha value is -2.16. The molecule has 6 amide bonds. The van der Waals surface area contributed by atoms with Crippen molar-refractivity contribution in [1.82, 2.24) is 19.6 Å². The van der Waals surface area contributed by atoms with Crippen LogP contribution in [0.4, 0.5) is 9.59 Å². The van der Waals surface area contributed by atoms with Crippen molar-refractivity contribution in [2.75, 3.05) is 39.4 Å². The highest BCUT2D eigenvalue weighted by atomic mass is 16.5. The number of hydrogen-bond donors (Lipinski definition) is 0. The molecule has 0 aromatic carbocycles. The summed E-state index contributed by atoms with van der Waals surface area (Å²) in [5, 5.41) is 0. The van der Waals surface area contributed by atoms with Crippen molar-refractivity contribution in [3.05, 3.63) is 0 Å². The van der Waals surface area contributed by atoms with Crippen LogP contribution in [0.5, 0.6) is 0 Å². The van der Waals surface area contributed by atoms with Gasteiger partial charge in [0.15, 0.2) is 0 Å². The van der Waals surface area contributed by atoms with Gasteiger partial charge in [-0.3, -0.25) is 19.4 Å². The van der Waals surface area contributed by atoms with Crippen molar-refractivity contribution >= 4 is 23.9 Å². The zero-order valence-corrected chi connectivity index (χ0v) is 19.9. The Morgan fingerprint density at radius 3 is 1.19 bits per heavy atom. The minimum atomic E-state index is -0.750. The van der Waals surface area contributed by atoms with Gasteiger partial charge in [-0.2, -0.15) is 0 Å². The minimum Gasteiger partial charge on any atom is -0.377 e. The molecule has 176 valence electrons. The van der Waals surface area contributed by atoms with E-state index < -0.39 is 11.1 Å². The van der Waals surface area contributed by atoms with Crippen LogP contribution >= 0.6 is 0 Å². The molecule has 2 fully saturated rings. The standard InChI is InChI=1S/C22H38N4O5/c1-7-21(8-2,25-17(27)13-23(11-5)19(25)29)15-31-16-22(9-3,10-4)26-18(28)14-24(12-6)20(26)30/h7-16H2,1-6H3. The highest BCUT2D eigenvalue weighted by molar-refractivity contribution is 6.03. The summed E-state index contributed by atoms with van der Waals surface area (Å²) in [6.45, 7) is 13.0. The average molecular weight is 439 g/mol. The highest BCUT2D eigenvalue weighted by Crippen LogP contribution is 2.33. The minimum absolute atomic E-state index is 0.0918. The van der Waals surface area contributed by atoms with Gasteiger partial charge in [0.05, 0.1) is 24.3 Å². The summed E-state index contributed by atoms with van der Waals surface area (Å²) in [5.41, 5.74) is -1.50. The van der Waals surface area contributed by atoms with E-state index in [1.54, 1.807) is 0 Å². The van der Waals surface area contributed by atoms with E-state index in [0.29, 0.717) is 38.8 Å². The molecule has 2 aliphatic rings. The van der Waals surface area contributed by atoms with Gasteiger partial charge in [0.25, 0.3) is 11.8 Å². The number of carbonyl (C=O) groups is 4. The number of carbonyl (C=O) groups excluding carboxylic acids is 4. The molecular weight excluding hydrogens is 400 g/mol. The van der Waals surface area contributed by atoms with E-state index in [1.807, 2.05) is 41.5 Å². The highest BCUT2D eigenvalue weighted by Gasteiger charge is 2.50. The van der Waals surface area contributed by atoms with Crippen LogP contribution in [-0.2, 0) is 14.3 Å². The molecule has 2 rings (SSSR count). The summed E-state index contributed by atoms with van der Waals surface area (Å²) in [7, 11) is 0. The van der Waals surface area contributed by atoms with Gasteiger partial charge in [0, 0.05) is 13.1 Å². The molecule has 0 N–H and O–H groups in total. The molecule has 2 heterocycles. The first-order valence-electron chi connectivity index (χ1n) is 11.5. The molecule has 31 heavy (non-hydrogen) atoms. The van der Waals surface area contributed by atoms with Gasteiger partial charge in [-0.25, -0.2) is 9.59 Å². The van der Waals surface area contributed by atoms with Gasteiger partial charge in [0.1, 0.15) is 13.1 Å². The predicted molar refractivity (Wildman–Crippen MR) is 116 cm³/mol. The first-order valence-corrected chi connectivity index (χ1v) is 11.5. The lowest BCUT2D eigenvalue weighted by molar-refractivity contribution is -0.135. The summed E-state index contributed by atoms with van der Waals surface area (Å²) in [6.07, 6.45) is 2.26. The Bertz CT molecular complexity index is 644. The second kappa shape index (κ2) is 9.97. The molecule has 0 radical (unpaired) electrons. The molecular formula is C22H38N4O5. The van der Waals surface area contributed by atoms with Gasteiger partial charge in [0.2, 0.25) is 0 Å². The van der Waals surface area contributed by atoms with Gasteiger partial charge in [-0.15, -0.1) is 0 Å². The zero-order valence-electron chi connectivity index (χ0n) is 19.9. The number of hydrogen-bond acceptors (Lipinski definition) is 5. The fourth-order valence-corrected chi connectivity index (χ4v) is 4.63. The second-order valence-corrected chi connectivity index (χ2v) is 8.41. The van der Waals surface area contributed by atoms with Gasteiger partial charge >= 0.3 is 12.1 Å². The third-order valence-corrected chi connectivity index (χ3v) is 7.16. The fourth-order valence-electron chi connectivity index (χ4n) is 4.63. The van der Waals surface area contributed by atoms with E-state index in [9.17, 15) is 19.2 Å². The average Bonchev–Trinajstić information content (AvgIpc) is 3.24. The van der Waals surface area contributed by atoms with Crippen molar-refractivity contribution in [1.29, 1.82) is 0 Å². The van der Waals surface area contributed by atoms with Crippen molar-refractivity contribution in [2.45, 2.75) is 78.3 Å². The van der Waals surface area contributed by atoms with E-state index >= 15 is 0 Å². The maximum Gasteiger partial charge on any atom is 0.327 e. The monoisotopic (exact) mass is 438 g/mol. The van der Waals surface area contributed by atoms with E-state index in [-0.39, 0.29) is 50.2 Å². The molecule has 9 heteroatoms. The quantitative estimate of drug-likeness (QED) is 0.437. The maximum absolute atomic E-state index is 12.8. The van der Waals surface area contributed by atoms with Crippen LogP contribution < -0.4 is 0 Å². The third kappa shape index (κ3) is 4.29. The predicted octanol–water partition coefficient (Wildman–Crippen LogP) is 2.69. The number of rotatable bonds is 12. The van der Waals surface area contributed by atoms with Crippen LogP contribution in [0.2, 0.25) is 0 Å². The molecule has 0 bridgehead atoms. The molecule has 2 saturated heterocycles. The second-order valence-electron chi connectivity index (χ2n) is 8.41. The number of amides is 6. The number of urea groups is 2. The topological polar surface area (TPSA) is 90.5 Å². The Balaban J connectivity index is 2.22. The molecule has 0 aromatic rings. The van der Waals surface area contributed by atoms with Crippen LogP contribution in [-0.4, -0.2) is 93.9 Å². The van der Waals surface area contributed by atoms with Crippen molar-refractivity contribution in [3.63, 3.8) is 0 Å². The summed E-state index contributed by atoms with van der Waals surface area (Å²) in [5.74, 6) is -0.417. The van der Waals surface area contributed by atoms with Crippen molar-refractivity contribution in [3.8, 4) is 0 Å². The van der Waals surface area contributed by atoms with Gasteiger partial charge < -0.3 is 14.5 Å². The normalized spacial score (nSPS) is 18.3. The summed E-state index contributed by atoms with van der Waals surface area (Å²) in [4.78, 5) is 56.8. The molecule has 0 unspecified atom stereocenters. The molecule has 0 spiro atoms. The van der Waals surface area contributed by atoms with E-state index in [0.717, 1.165) is 0 Å². The Kier molecular flexibility index (Phi) is 8.08. The summed E-state index contributed by atoms with van der Waals surface area (Å²) in [6, 6.07) is -0.555. The smallest absolute Gasteiger partial charge is 0.327 e. The van der Waals surface area contributed by atoms with Gasteiger partial charge in [-0.05, 0) is 39.5 Å². The summed E-state index contributed by atoms with van der Waals surface area (Å²) < 4.78 is 6.15. The van der Waals surface area contributed by atoms with Crippen LogP contribution in [0.15, 0.2) is 0 Å². The maximum atomic E-state index is 12.8. The third-order valence-electron chi connectivity index (χ3n) is 7.16. The lowest BCUT2D eigenvalue weighted by atomic mass is 9.90. The van der Waals surface area contributed by atoms with Gasteiger partial charge in [-0.1, -0.05) is 27.7 Å². The van der Waals surface area contributed by atoms with E-state index in [4.69, 9.17) is 4.74 Å². The zero-order chi connectivity index (χ0) is 23.4. The molecule has 0 aromatic heterocycles. The first kappa shape index (κ1) is 25.1. The molecule has 0 atom stereocenters. The van der Waals surface area contributed by atoms with Crippen molar-refractivity contribution in [2.24, 2.45) is 0 Å². The Morgan fingerprint density at radius 1 is 0.645 bits per heavy atom. The number of ether oxygens (including phenoxy) is 1. The Labute approximate surface area is 185 Å².